The number of nitrogens with zero attached hydrogens (tertiary/aromatic N) is 3. The molecule has 2 heterocycles. The molecule has 0 unspecified atom stereocenters. The number of aromatic nitrogens is 2. The lowest BCUT2D eigenvalue weighted by Gasteiger charge is -2.33. The SMILES string of the molecule is COc1ccc(OC)c(CNC(=O)[C@@H]2CCCN(c3nccnc3Oc3ccccc3C)C2)c1. The second kappa shape index (κ2) is 10.9. The fourth-order valence-corrected chi connectivity index (χ4v) is 4.11. The molecule has 0 saturated carbocycles. The molecule has 3 aromatic rings. The van der Waals surface area contributed by atoms with Gasteiger partial charge in [0.2, 0.25) is 5.91 Å². The number of piperidine rings is 1. The Hall–Kier alpha value is -3.81. The van der Waals surface area contributed by atoms with E-state index in [9.17, 15) is 4.79 Å². The third-order valence-corrected chi connectivity index (χ3v) is 5.98. The number of hydrogen-bond acceptors (Lipinski definition) is 7. The Bertz CT molecular complexity index is 1140. The van der Waals surface area contributed by atoms with Crippen molar-refractivity contribution in [3.8, 4) is 23.1 Å². The van der Waals surface area contributed by atoms with Crippen LogP contribution in [0.25, 0.3) is 0 Å². The molecule has 0 aliphatic carbocycles. The lowest BCUT2D eigenvalue weighted by Crippen LogP contribution is -2.43. The highest BCUT2D eigenvalue weighted by Crippen LogP contribution is 2.32. The second-order valence-corrected chi connectivity index (χ2v) is 8.23. The van der Waals surface area contributed by atoms with E-state index in [1.54, 1.807) is 26.6 Å². The molecule has 1 amide bonds. The fourth-order valence-electron chi connectivity index (χ4n) is 4.11. The Morgan fingerprint density at radius 1 is 1.09 bits per heavy atom. The predicted molar refractivity (Wildman–Crippen MR) is 130 cm³/mol. The normalized spacial score (nSPS) is 15.5. The summed E-state index contributed by atoms with van der Waals surface area (Å²) in [5.41, 5.74) is 1.88. The van der Waals surface area contributed by atoms with Crippen LogP contribution in [0.2, 0.25) is 0 Å². The molecule has 1 aliphatic heterocycles. The van der Waals surface area contributed by atoms with Gasteiger partial charge in [0.05, 0.1) is 20.1 Å². The van der Waals surface area contributed by atoms with Crippen molar-refractivity contribution in [1.29, 1.82) is 0 Å². The van der Waals surface area contributed by atoms with Crippen molar-refractivity contribution in [3.05, 3.63) is 66.0 Å². The molecule has 34 heavy (non-hydrogen) atoms. The number of carbonyl (C=O) groups excluding carboxylic acids is 1. The molecule has 0 radical (unpaired) electrons. The number of rotatable bonds is 8. The minimum Gasteiger partial charge on any atom is -0.497 e. The first-order chi connectivity index (χ1) is 16.6. The van der Waals surface area contributed by atoms with Gasteiger partial charge in [0, 0.05) is 37.6 Å². The molecule has 1 saturated heterocycles. The summed E-state index contributed by atoms with van der Waals surface area (Å²) < 4.78 is 16.8. The Morgan fingerprint density at radius 3 is 2.71 bits per heavy atom. The summed E-state index contributed by atoms with van der Waals surface area (Å²) in [7, 11) is 3.23. The van der Waals surface area contributed by atoms with Crippen LogP contribution in [-0.4, -0.2) is 43.2 Å². The topological polar surface area (TPSA) is 85.8 Å². The summed E-state index contributed by atoms with van der Waals surface area (Å²) in [6, 6.07) is 13.3. The molecule has 1 aliphatic rings. The summed E-state index contributed by atoms with van der Waals surface area (Å²) in [5.74, 6) is 3.10. The lowest BCUT2D eigenvalue weighted by molar-refractivity contribution is -0.125. The van der Waals surface area contributed by atoms with Crippen molar-refractivity contribution in [2.24, 2.45) is 5.92 Å². The van der Waals surface area contributed by atoms with Crippen LogP contribution >= 0.6 is 0 Å². The molecular weight excluding hydrogens is 432 g/mol. The Morgan fingerprint density at radius 2 is 1.91 bits per heavy atom. The van der Waals surface area contributed by atoms with Gasteiger partial charge in [0.25, 0.3) is 5.88 Å². The van der Waals surface area contributed by atoms with Crippen LogP contribution in [0.3, 0.4) is 0 Å². The van der Waals surface area contributed by atoms with Crippen molar-refractivity contribution in [2.75, 3.05) is 32.2 Å². The van der Waals surface area contributed by atoms with Crippen LogP contribution in [0.15, 0.2) is 54.9 Å². The third-order valence-electron chi connectivity index (χ3n) is 5.98. The van der Waals surface area contributed by atoms with Crippen LogP contribution in [0.4, 0.5) is 5.82 Å². The smallest absolute Gasteiger partial charge is 0.263 e. The molecule has 1 aromatic heterocycles. The molecule has 178 valence electrons. The molecule has 8 nitrogen and oxygen atoms in total. The highest BCUT2D eigenvalue weighted by molar-refractivity contribution is 5.79. The van der Waals surface area contributed by atoms with E-state index in [-0.39, 0.29) is 11.8 Å². The van der Waals surface area contributed by atoms with Crippen LogP contribution < -0.4 is 24.4 Å². The average Bonchev–Trinajstić information content (AvgIpc) is 2.88. The molecule has 0 spiro atoms. The molecule has 1 N–H and O–H groups in total. The number of para-hydroxylation sites is 1. The average molecular weight is 463 g/mol. The maximum atomic E-state index is 13.0. The molecule has 2 aromatic carbocycles. The van der Waals surface area contributed by atoms with Crippen molar-refractivity contribution in [3.63, 3.8) is 0 Å². The van der Waals surface area contributed by atoms with Crippen LogP contribution in [0, 0.1) is 12.8 Å². The number of anilines is 1. The molecule has 1 fully saturated rings. The Kier molecular flexibility index (Phi) is 7.47. The first-order valence-corrected chi connectivity index (χ1v) is 11.4. The quantitative estimate of drug-likeness (QED) is 0.539. The molecule has 0 bridgehead atoms. The van der Waals surface area contributed by atoms with E-state index in [0.29, 0.717) is 30.5 Å². The maximum absolute atomic E-state index is 13.0. The standard InChI is InChI=1S/C26H30N4O4/c1-18-7-4-5-9-22(18)34-26-24(27-12-13-28-26)30-14-6-8-19(17-30)25(31)29-16-20-15-21(32-2)10-11-23(20)33-3/h4-5,7,9-13,15,19H,6,8,14,16-17H2,1-3H3,(H,29,31)/t19-/m1/s1. The zero-order valence-corrected chi connectivity index (χ0v) is 19.8. The maximum Gasteiger partial charge on any atom is 0.263 e. The highest BCUT2D eigenvalue weighted by Gasteiger charge is 2.28. The first-order valence-electron chi connectivity index (χ1n) is 11.4. The van der Waals surface area contributed by atoms with Crippen LogP contribution in [-0.2, 0) is 11.3 Å². The summed E-state index contributed by atoms with van der Waals surface area (Å²) in [6.45, 7) is 3.69. The second-order valence-electron chi connectivity index (χ2n) is 8.23. The van der Waals surface area contributed by atoms with E-state index in [1.165, 1.54) is 0 Å². The number of ether oxygens (including phenoxy) is 3. The number of carbonyl (C=O) groups is 1. The Balaban J connectivity index is 1.44. The van der Waals surface area contributed by atoms with E-state index in [2.05, 4.69) is 20.2 Å². The van der Waals surface area contributed by atoms with Crippen molar-refractivity contribution in [2.45, 2.75) is 26.3 Å². The highest BCUT2D eigenvalue weighted by atomic mass is 16.5. The van der Waals surface area contributed by atoms with Crippen molar-refractivity contribution < 1.29 is 19.0 Å². The van der Waals surface area contributed by atoms with Gasteiger partial charge in [0.15, 0.2) is 5.82 Å². The summed E-state index contributed by atoms with van der Waals surface area (Å²) >= 11 is 0. The number of aryl methyl sites for hydroxylation is 1. The van der Waals surface area contributed by atoms with Crippen molar-refractivity contribution >= 4 is 11.7 Å². The summed E-state index contributed by atoms with van der Waals surface area (Å²) in [6.07, 6.45) is 4.96. The van der Waals surface area contributed by atoms with Gasteiger partial charge < -0.3 is 24.4 Å². The van der Waals surface area contributed by atoms with Gasteiger partial charge >= 0.3 is 0 Å². The number of amides is 1. The third kappa shape index (κ3) is 5.39. The number of benzene rings is 2. The van der Waals surface area contributed by atoms with E-state index < -0.39 is 0 Å². The van der Waals surface area contributed by atoms with Crippen LogP contribution in [0.1, 0.15) is 24.0 Å². The number of nitrogens with one attached hydrogen (secondary N) is 1. The number of hydrogen-bond donors (Lipinski definition) is 1. The van der Waals surface area contributed by atoms with Gasteiger partial charge in [-0.1, -0.05) is 18.2 Å². The predicted octanol–water partition coefficient (Wildman–Crippen LogP) is 4.13. The van der Waals surface area contributed by atoms with Crippen LogP contribution in [0.5, 0.6) is 23.1 Å². The molecule has 1 atom stereocenters. The first kappa shape index (κ1) is 23.4. The zero-order valence-electron chi connectivity index (χ0n) is 19.8. The summed E-state index contributed by atoms with van der Waals surface area (Å²) in [4.78, 5) is 24.1. The largest absolute Gasteiger partial charge is 0.497 e. The minimum absolute atomic E-state index is 0.000152. The molecule has 4 rings (SSSR count). The fraction of sp³-hybridized carbons (Fsp3) is 0.346. The van der Waals surface area contributed by atoms with E-state index in [4.69, 9.17) is 14.2 Å². The van der Waals surface area contributed by atoms with Gasteiger partial charge in [-0.3, -0.25) is 4.79 Å². The summed E-state index contributed by atoms with van der Waals surface area (Å²) in [5, 5.41) is 3.06. The van der Waals surface area contributed by atoms with Gasteiger partial charge in [-0.05, 0) is 49.6 Å². The lowest BCUT2D eigenvalue weighted by atomic mass is 9.97. The van der Waals surface area contributed by atoms with Gasteiger partial charge in [-0.2, -0.15) is 0 Å². The zero-order chi connectivity index (χ0) is 23.9. The molecule has 8 heteroatoms. The van der Waals surface area contributed by atoms with Gasteiger partial charge in [-0.15, -0.1) is 0 Å². The monoisotopic (exact) mass is 462 g/mol. The van der Waals surface area contributed by atoms with E-state index in [1.807, 2.05) is 49.4 Å². The van der Waals surface area contributed by atoms with Crippen molar-refractivity contribution in [1.82, 2.24) is 15.3 Å². The van der Waals surface area contributed by atoms with E-state index >= 15 is 0 Å². The van der Waals surface area contributed by atoms with Gasteiger partial charge in [0.1, 0.15) is 17.2 Å². The van der Waals surface area contributed by atoms with E-state index in [0.717, 1.165) is 42.0 Å². The Labute approximate surface area is 199 Å². The molecular formula is C26H30N4O4. The number of methoxy groups -OCH3 is 2. The minimum atomic E-state index is -0.168. The van der Waals surface area contributed by atoms with Gasteiger partial charge in [-0.25, -0.2) is 9.97 Å².